The average molecular weight is 376 g/mol. The molecule has 0 bridgehead atoms. The van der Waals surface area contributed by atoms with Gasteiger partial charge in [-0.25, -0.2) is 0 Å². The van der Waals surface area contributed by atoms with Gasteiger partial charge in [-0.05, 0) is 52.7 Å². The molecule has 0 aromatic heterocycles. The van der Waals surface area contributed by atoms with Crippen LogP contribution in [-0.2, 0) is 4.79 Å². The SMILES string of the molecule is COc1ccc2cc(C(=O)/C=C/c3cccc(OCCC(=O)O)c3)ccc2c1. The van der Waals surface area contributed by atoms with Crippen LogP contribution in [0, 0.1) is 0 Å². The summed E-state index contributed by atoms with van der Waals surface area (Å²) in [6.07, 6.45) is 3.16. The van der Waals surface area contributed by atoms with Crippen molar-refractivity contribution in [1.82, 2.24) is 0 Å². The lowest BCUT2D eigenvalue weighted by molar-refractivity contribution is -0.137. The molecular weight excluding hydrogens is 356 g/mol. The van der Waals surface area contributed by atoms with Crippen molar-refractivity contribution in [2.24, 2.45) is 0 Å². The molecule has 0 fully saturated rings. The highest BCUT2D eigenvalue weighted by Crippen LogP contribution is 2.22. The number of hydrogen-bond donors (Lipinski definition) is 1. The van der Waals surface area contributed by atoms with Crippen molar-refractivity contribution in [3.63, 3.8) is 0 Å². The first-order valence-electron chi connectivity index (χ1n) is 8.80. The second-order valence-electron chi connectivity index (χ2n) is 6.19. The Morgan fingerprint density at radius 3 is 2.54 bits per heavy atom. The molecule has 5 nitrogen and oxygen atoms in total. The maximum absolute atomic E-state index is 12.5. The minimum absolute atomic E-state index is 0.0631. The summed E-state index contributed by atoms with van der Waals surface area (Å²) in [6, 6.07) is 18.4. The Labute approximate surface area is 162 Å². The predicted molar refractivity (Wildman–Crippen MR) is 108 cm³/mol. The molecule has 0 radical (unpaired) electrons. The summed E-state index contributed by atoms with van der Waals surface area (Å²) in [5.74, 6) is 0.331. The number of rotatable bonds is 8. The largest absolute Gasteiger partial charge is 0.497 e. The minimum atomic E-state index is -0.907. The molecule has 0 heterocycles. The van der Waals surface area contributed by atoms with Crippen LogP contribution in [0.1, 0.15) is 22.3 Å². The van der Waals surface area contributed by atoms with Crippen LogP contribution in [0.3, 0.4) is 0 Å². The Morgan fingerprint density at radius 1 is 0.964 bits per heavy atom. The van der Waals surface area contributed by atoms with Gasteiger partial charge in [-0.2, -0.15) is 0 Å². The Morgan fingerprint density at radius 2 is 1.75 bits per heavy atom. The van der Waals surface area contributed by atoms with Gasteiger partial charge in [0.2, 0.25) is 0 Å². The summed E-state index contributed by atoms with van der Waals surface area (Å²) in [6.45, 7) is 0.101. The molecule has 142 valence electrons. The van der Waals surface area contributed by atoms with Gasteiger partial charge in [-0.3, -0.25) is 9.59 Å². The highest BCUT2D eigenvalue weighted by atomic mass is 16.5. The average Bonchev–Trinajstić information content (AvgIpc) is 2.71. The fraction of sp³-hybridized carbons (Fsp3) is 0.130. The summed E-state index contributed by atoms with van der Waals surface area (Å²) < 4.78 is 10.6. The van der Waals surface area contributed by atoms with Gasteiger partial charge in [0.05, 0.1) is 20.1 Å². The second kappa shape index (κ2) is 8.86. The van der Waals surface area contributed by atoms with Crippen LogP contribution in [-0.4, -0.2) is 30.6 Å². The molecule has 3 aromatic rings. The van der Waals surface area contributed by atoms with E-state index in [9.17, 15) is 9.59 Å². The Balaban J connectivity index is 1.71. The molecule has 0 spiro atoms. The number of aliphatic carboxylic acids is 1. The number of benzene rings is 3. The molecule has 3 aromatic carbocycles. The molecule has 0 aliphatic rings. The number of methoxy groups -OCH3 is 1. The first-order chi connectivity index (χ1) is 13.5. The topological polar surface area (TPSA) is 72.8 Å². The quantitative estimate of drug-likeness (QED) is 0.459. The van der Waals surface area contributed by atoms with Crippen LogP contribution < -0.4 is 9.47 Å². The minimum Gasteiger partial charge on any atom is -0.497 e. The lowest BCUT2D eigenvalue weighted by Gasteiger charge is -2.05. The lowest BCUT2D eigenvalue weighted by atomic mass is 10.0. The zero-order valence-electron chi connectivity index (χ0n) is 15.4. The molecule has 0 amide bonds. The monoisotopic (exact) mass is 376 g/mol. The summed E-state index contributed by atoms with van der Waals surface area (Å²) in [7, 11) is 1.62. The second-order valence-corrected chi connectivity index (χ2v) is 6.19. The van der Waals surface area contributed by atoms with E-state index in [0.717, 1.165) is 22.1 Å². The van der Waals surface area contributed by atoms with E-state index in [0.29, 0.717) is 11.3 Å². The molecule has 0 aliphatic heterocycles. The molecule has 0 unspecified atom stereocenters. The summed E-state index contributed by atoms with van der Waals surface area (Å²) in [5.41, 5.74) is 1.40. The van der Waals surface area contributed by atoms with Gasteiger partial charge in [0.1, 0.15) is 11.5 Å². The van der Waals surface area contributed by atoms with E-state index in [1.54, 1.807) is 37.5 Å². The number of carboxylic acid groups (broad SMARTS) is 1. The van der Waals surface area contributed by atoms with Crippen LogP contribution >= 0.6 is 0 Å². The normalized spacial score (nSPS) is 10.9. The maximum Gasteiger partial charge on any atom is 0.306 e. The summed E-state index contributed by atoms with van der Waals surface area (Å²) >= 11 is 0. The highest BCUT2D eigenvalue weighted by molar-refractivity contribution is 6.08. The van der Waals surface area contributed by atoms with E-state index < -0.39 is 5.97 Å². The van der Waals surface area contributed by atoms with Crippen molar-refractivity contribution in [3.05, 3.63) is 77.9 Å². The van der Waals surface area contributed by atoms with E-state index in [4.69, 9.17) is 14.6 Å². The molecular formula is C23H20O5. The Hall–Kier alpha value is -3.60. The smallest absolute Gasteiger partial charge is 0.306 e. The molecule has 0 aliphatic carbocycles. The molecule has 28 heavy (non-hydrogen) atoms. The van der Waals surface area contributed by atoms with Gasteiger partial charge in [0, 0.05) is 5.56 Å². The van der Waals surface area contributed by atoms with Crippen LogP contribution in [0.15, 0.2) is 66.7 Å². The number of carbonyl (C=O) groups is 2. The number of carboxylic acids is 1. The van der Waals surface area contributed by atoms with E-state index in [1.807, 2.05) is 36.4 Å². The van der Waals surface area contributed by atoms with Crippen molar-refractivity contribution in [1.29, 1.82) is 0 Å². The van der Waals surface area contributed by atoms with Gasteiger partial charge in [0.25, 0.3) is 0 Å². The van der Waals surface area contributed by atoms with Crippen molar-refractivity contribution in [2.45, 2.75) is 6.42 Å². The number of fused-ring (bicyclic) bond motifs is 1. The molecule has 0 atom stereocenters. The van der Waals surface area contributed by atoms with Crippen molar-refractivity contribution < 1.29 is 24.2 Å². The molecule has 5 heteroatoms. The first-order valence-corrected chi connectivity index (χ1v) is 8.80. The molecule has 0 saturated carbocycles. The number of allylic oxidation sites excluding steroid dienone is 1. The van der Waals surface area contributed by atoms with Crippen LogP contribution in [0.5, 0.6) is 11.5 Å². The number of ketones is 1. The molecule has 1 N–H and O–H groups in total. The zero-order valence-corrected chi connectivity index (χ0v) is 15.4. The Kier molecular flexibility index (Phi) is 6.07. The predicted octanol–water partition coefficient (Wildman–Crippen LogP) is 4.60. The van der Waals surface area contributed by atoms with E-state index >= 15 is 0 Å². The fourth-order valence-corrected chi connectivity index (χ4v) is 2.74. The third-order valence-corrected chi connectivity index (χ3v) is 4.20. The van der Waals surface area contributed by atoms with Crippen LogP contribution in [0.25, 0.3) is 16.8 Å². The van der Waals surface area contributed by atoms with Gasteiger partial charge in [-0.15, -0.1) is 0 Å². The van der Waals surface area contributed by atoms with Gasteiger partial charge in [-0.1, -0.05) is 36.4 Å². The number of hydrogen-bond acceptors (Lipinski definition) is 4. The van der Waals surface area contributed by atoms with Gasteiger partial charge >= 0.3 is 5.97 Å². The van der Waals surface area contributed by atoms with E-state index in [-0.39, 0.29) is 18.8 Å². The molecule has 0 saturated heterocycles. The summed E-state index contributed by atoms with van der Waals surface area (Å²) in [4.78, 5) is 23.1. The fourth-order valence-electron chi connectivity index (χ4n) is 2.74. The first kappa shape index (κ1) is 19.2. The van der Waals surface area contributed by atoms with Crippen LogP contribution in [0.4, 0.5) is 0 Å². The van der Waals surface area contributed by atoms with E-state index in [2.05, 4.69) is 0 Å². The number of carbonyl (C=O) groups excluding carboxylic acids is 1. The highest BCUT2D eigenvalue weighted by Gasteiger charge is 2.05. The third kappa shape index (κ3) is 4.98. The standard InChI is InChI=1S/C23H20O5/c1-27-20-9-8-17-14-19(7-6-18(17)15-20)22(24)10-5-16-3-2-4-21(13-16)28-12-11-23(25)26/h2-10,13-15H,11-12H2,1H3,(H,25,26)/b10-5+. The maximum atomic E-state index is 12.5. The molecule has 3 rings (SSSR count). The van der Waals surface area contributed by atoms with Gasteiger partial charge in [0.15, 0.2) is 5.78 Å². The van der Waals surface area contributed by atoms with Crippen molar-refractivity contribution >= 4 is 28.6 Å². The van der Waals surface area contributed by atoms with E-state index in [1.165, 1.54) is 6.08 Å². The summed E-state index contributed by atoms with van der Waals surface area (Å²) in [5, 5.41) is 10.6. The Bertz CT molecular complexity index is 1040. The van der Waals surface area contributed by atoms with Crippen molar-refractivity contribution in [3.8, 4) is 11.5 Å². The van der Waals surface area contributed by atoms with Crippen molar-refractivity contribution in [2.75, 3.05) is 13.7 Å². The zero-order chi connectivity index (χ0) is 19.9. The lowest BCUT2D eigenvalue weighted by Crippen LogP contribution is -2.04. The van der Waals surface area contributed by atoms with Gasteiger partial charge < -0.3 is 14.6 Å². The van der Waals surface area contributed by atoms with Crippen LogP contribution in [0.2, 0.25) is 0 Å². The third-order valence-electron chi connectivity index (χ3n) is 4.20. The number of ether oxygens (including phenoxy) is 2.